The number of sulfonamides is 1. The van der Waals surface area contributed by atoms with E-state index in [4.69, 9.17) is 16.3 Å². The number of benzene rings is 2. The third-order valence-corrected chi connectivity index (χ3v) is 5.30. The molecule has 1 atom stereocenters. The van der Waals surface area contributed by atoms with E-state index in [1.165, 1.54) is 12.1 Å². The molecular formula is C16H16ClNO3S. The summed E-state index contributed by atoms with van der Waals surface area (Å²) in [6.07, 6.45) is 0.124. The molecule has 0 bridgehead atoms. The van der Waals surface area contributed by atoms with Crippen LogP contribution in [0.15, 0.2) is 47.4 Å². The number of aryl methyl sites for hydroxylation is 1. The smallest absolute Gasteiger partial charge is 0.242 e. The Labute approximate surface area is 135 Å². The first kappa shape index (κ1) is 15.5. The summed E-state index contributed by atoms with van der Waals surface area (Å²) in [6, 6.07) is 12.1. The van der Waals surface area contributed by atoms with E-state index in [1.807, 2.05) is 25.1 Å². The zero-order valence-electron chi connectivity index (χ0n) is 12.0. The molecule has 0 aliphatic carbocycles. The first-order valence-electron chi connectivity index (χ1n) is 6.95. The fourth-order valence-corrected chi connectivity index (χ4v) is 3.72. The van der Waals surface area contributed by atoms with Crippen molar-refractivity contribution >= 4 is 21.6 Å². The topological polar surface area (TPSA) is 55.4 Å². The van der Waals surface area contributed by atoms with Crippen LogP contribution in [0.1, 0.15) is 22.9 Å². The summed E-state index contributed by atoms with van der Waals surface area (Å²) in [4.78, 5) is 0.167. The number of hydrogen-bond donors (Lipinski definition) is 1. The van der Waals surface area contributed by atoms with Gasteiger partial charge in [-0.3, -0.25) is 0 Å². The Bertz CT molecular complexity index is 788. The van der Waals surface area contributed by atoms with Crippen molar-refractivity contribution in [2.24, 2.45) is 0 Å². The maximum Gasteiger partial charge on any atom is 0.242 e. The largest absolute Gasteiger partial charge is 0.358 e. The molecule has 0 amide bonds. The second-order valence-electron chi connectivity index (χ2n) is 5.28. The number of ether oxygens (including phenoxy) is 1. The van der Waals surface area contributed by atoms with Gasteiger partial charge in [0.15, 0.2) is 0 Å². The van der Waals surface area contributed by atoms with Crippen LogP contribution in [0.4, 0.5) is 0 Å². The fraction of sp³-hybridized carbons (Fsp3) is 0.250. The summed E-state index contributed by atoms with van der Waals surface area (Å²) >= 11 is 5.80. The minimum absolute atomic E-state index is 0.167. The van der Waals surface area contributed by atoms with Crippen molar-refractivity contribution in [3.63, 3.8) is 0 Å². The molecule has 0 saturated heterocycles. The zero-order valence-corrected chi connectivity index (χ0v) is 13.6. The Hall–Kier alpha value is -1.40. The lowest BCUT2D eigenvalue weighted by Crippen LogP contribution is -2.33. The molecule has 4 nitrogen and oxygen atoms in total. The van der Waals surface area contributed by atoms with Gasteiger partial charge in [-0.05, 0) is 48.7 Å². The molecule has 1 N–H and O–H groups in total. The molecule has 0 aromatic heterocycles. The Balaban J connectivity index is 1.91. The highest BCUT2D eigenvalue weighted by Gasteiger charge is 2.26. The molecule has 1 aliphatic heterocycles. The molecule has 2 aromatic carbocycles. The van der Waals surface area contributed by atoms with Gasteiger partial charge in [0, 0.05) is 5.02 Å². The van der Waals surface area contributed by atoms with Crippen molar-refractivity contribution in [2.75, 3.05) is 6.61 Å². The molecular weight excluding hydrogens is 322 g/mol. The van der Waals surface area contributed by atoms with Gasteiger partial charge in [0.25, 0.3) is 0 Å². The zero-order chi connectivity index (χ0) is 15.7. The first-order chi connectivity index (χ1) is 10.5. The maximum absolute atomic E-state index is 12.5. The van der Waals surface area contributed by atoms with Crippen molar-refractivity contribution < 1.29 is 13.2 Å². The molecule has 1 aliphatic rings. The van der Waals surface area contributed by atoms with E-state index in [0.717, 1.165) is 23.1 Å². The van der Waals surface area contributed by atoms with Crippen molar-refractivity contribution in [1.29, 1.82) is 0 Å². The number of fused-ring (bicyclic) bond motifs is 1. The second-order valence-corrected chi connectivity index (χ2v) is 7.43. The SMILES string of the molecule is Cc1ccc2c(c1)C(NS(=O)(=O)c1ccc(Cl)cc1)OCC2. The van der Waals surface area contributed by atoms with Crippen LogP contribution in [-0.2, 0) is 21.2 Å². The van der Waals surface area contributed by atoms with E-state index in [0.29, 0.717) is 11.6 Å². The van der Waals surface area contributed by atoms with Crippen molar-refractivity contribution in [3.05, 3.63) is 64.2 Å². The Morgan fingerprint density at radius 1 is 1.18 bits per heavy atom. The molecule has 116 valence electrons. The predicted octanol–water partition coefficient (Wildman–Crippen LogP) is 3.20. The van der Waals surface area contributed by atoms with Crippen molar-refractivity contribution in [2.45, 2.75) is 24.5 Å². The highest BCUT2D eigenvalue weighted by atomic mass is 35.5. The van der Waals surface area contributed by atoms with Gasteiger partial charge >= 0.3 is 0 Å². The minimum atomic E-state index is -3.67. The summed E-state index contributed by atoms with van der Waals surface area (Å²) in [5, 5.41) is 0.494. The van der Waals surface area contributed by atoms with Crippen LogP contribution < -0.4 is 4.72 Å². The first-order valence-corrected chi connectivity index (χ1v) is 8.81. The van der Waals surface area contributed by atoms with Crippen LogP contribution in [0, 0.1) is 6.92 Å². The quantitative estimate of drug-likeness (QED) is 0.935. The Morgan fingerprint density at radius 2 is 1.91 bits per heavy atom. The average Bonchev–Trinajstić information content (AvgIpc) is 2.48. The van der Waals surface area contributed by atoms with Gasteiger partial charge in [0.05, 0.1) is 11.5 Å². The molecule has 1 heterocycles. The molecule has 22 heavy (non-hydrogen) atoms. The summed E-state index contributed by atoms with van der Waals surface area (Å²) < 4.78 is 33.2. The minimum Gasteiger partial charge on any atom is -0.358 e. The van der Waals surface area contributed by atoms with Crippen LogP contribution in [0.3, 0.4) is 0 Å². The van der Waals surface area contributed by atoms with Crippen LogP contribution in [0.5, 0.6) is 0 Å². The van der Waals surface area contributed by atoms with Gasteiger partial charge in [-0.15, -0.1) is 0 Å². The highest BCUT2D eigenvalue weighted by Crippen LogP contribution is 2.28. The summed E-state index contributed by atoms with van der Waals surface area (Å²) in [5.41, 5.74) is 3.06. The summed E-state index contributed by atoms with van der Waals surface area (Å²) in [6.45, 7) is 2.46. The molecule has 3 rings (SSSR count). The van der Waals surface area contributed by atoms with Gasteiger partial charge in [-0.1, -0.05) is 35.4 Å². The fourth-order valence-electron chi connectivity index (χ4n) is 2.48. The number of nitrogens with one attached hydrogen (secondary N) is 1. The molecule has 1 unspecified atom stereocenters. The molecule has 6 heteroatoms. The van der Waals surface area contributed by atoms with E-state index in [2.05, 4.69) is 4.72 Å². The standard InChI is InChI=1S/C16H16ClNO3S/c1-11-2-3-12-8-9-21-16(15(12)10-11)18-22(19,20)14-6-4-13(17)5-7-14/h2-7,10,16,18H,8-9H2,1H3. The number of hydrogen-bond acceptors (Lipinski definition) is 3. The van der Waals surface area contributed by atoms with E-state index >= 15 is 0 Å². The van der Waals surface area contributed by atoms with Gasteiger partial charge in [-0.2, -0.15) is 4.72 Å². The molecule has 2 aromatic rings. The summed E-state index contributed by atoms with van der Waals surface area (Å²) in [7, 11) is -3.67. The third kappa shape index (κ3) is 3.17. The van der Waals surface area contributed by atoms with E-state index in [9.17, 15) is 8.42 Å². The van der Waals surface area contributed by atoms with E-state index in [-0.39, 0.29) is 4.90 Å². The normalized spacial score (nSPS) is 18.0. The van der Waals surface area contributed by atoms with Crippen LogP contribution in [0.2, 0.25) is 5.02 Å². The number of rotatable bonds is 3. The van der Waals surface area contributed by atoms with Gasteiger partial charge in [0.2, 0.25) is 10.0 Å². The second kappa shape index (κ2) is 6.01. The lowest BCUT2D eigenvalue weighted by Gasteiger charge is -2.27. The molecule has 0 radical (unpaired) electrons. The number of halogens is 1. The van der Waals surface area contributed by atoms with Gasteiger partial charge < -0.3 is 4.74 Å². The monoisotopic (exact) mass is 337 g/mol. The van der Waals surface area contributed by atoms with Crippen molar-refractivity contribution in [1.82, 2.24) is 4.72 Å². The van der Waals surface area contributed by atoms with Gasteiger partial charge in [0.1, 0.15) is 6.23 Å². The summed E-state index contributed by atoms with van der Waals surface area (Å²) in [5.74, 6) is 0. The lowest BCUT2D eigenvalue weighted by molar-refractivity contribution is 0.0348. The average molecular weight is 338 g/mol. The molecule has 0 saturated carbocycles. The van der Waals surface area contributed by atoms with Gasteiger partial charge in [-0.25, -0.2) is 8.42 Å². The highest BCUT2D eigenvalue weighted by molar-refractivity contribution is 7.89. The van der Waals surface area contributed by atoms with Crippen LogP contribution in [-0.4, -0.2) is 15.0 Å². The Kier molecular flexibility index (Phi) is 4.23. The van der Waals surface area contributed by atoms with E-state index in [1.54, 1.807) is 12.1 Å². The van der Waals surface area contributed by atoms with Crippen molar-refractivity contribution in [3.8, 4) is 0 Å². The third-order valence-electron chi connectivity index (χ3n) is 3.63. The lowest BCUT2D eigenvalue weighted by atomic mass is 9.99. The predicted molar refractivity (Wildman–Crippen MR) is 85.3 cm³/mol. The maximum atomic E-state index is 12.5. The molecule has 0 fully saturated rings. The van der Waals surface area contributed by atoms with Crippen LogP contribution in [0.25, 0.3) is 0 Å². The molecule has 0 spiro atoms. The Morgan fingerprint density at radius 3 is 2.64 bits per heavy atom. The van der Waals surface area contributed by atoms with Crippen LogP contribution >= 0.6 is 11.6 Å². The van der Waals surface area contributed by atoms with E-state index < -0.39 is 16.3 Å².